The molecule has 1 aromatic carbocycles. The summed E-state index contributed by atoms with van der Waals surface area (Å²) in [5, 5.41) is 7.76. The van der Waals surface area contributed by atoms with Crippen molar-refractivity contribution in [3.05, 3.63) is 59.0 Å². The summed E-state index contributed by atoms with van der Waals surface area (Å²) < 4.78 is 1.64. The highest BCUT2D eigenvalue weighted by Gasteiger charge is 2.13. The molecule has 2 heterocycles. The molecule has 128 valence electrons. The second kappa shape index (κ2) is 7.35. The van der Waals surface area contributed by atoms with Crippen molar-refractivity contribution in [1.82, 2.24) is 25.1 Å². The molecule has 0 fully saturated rings. The van der Waals surface area contributed by atoms with Crippen LogP contribution in [0.1, 0.15) is 5.56 Å². The van der Waals surface area contributed by atoms with Gasteiger partial charge in [0.05, 0.1) is 17.6 Å². The van der Waals surface area contributed by atoms with E-state index in [-0.39, 0.29) is 17.2 Å². The minimum atomic E-state index is -0.279. The van der Waals surface area contributed by atoms with Gasteiger partial charge in [0.2, 0.25) is 5.91 Å². The van der Waals surface area contributed by atoms with Crippen LogP contribution in [0.5, 0.6) is 0 Å². The topological polar surface area (TPSA) is 92.7 Å². The van der Waals surface area contributed by atoms with Gasteiger partial charge >= 0.3 is 0 Å². The van der Waals surface area contributed by atoms with Crippen LogP contribution in [0.4, 0.5) is 0 Å². The fraction of sp³-hybridized carbons (Fsp3) is 0.176. The van der Waals surface area contributed by atoms with Gasteiger partial charge in [0.15, 0.2) is 10.8 Å². The van der Waals surface area contributed by atoms with Crippen molar-refractivity contribution in [2.45, 2.75) is 12.1 Å². The summed E-state index contributed by atoms with van der Waals surface area (Å²) >= 11 is 1.17. The Balaban J connectivity index is 1.94. The molecule has 1 amide bonds. The first-order valence-electron chi connectivity index (χ1n) is 7.64. The third kappa shape index (κ3) is 3.63. The van der Waals surface area contributed by atoms with E-state index in [1.165, 1.54) is 18.0 Å². The normalized spacial score (nSPS) is 10.8. The fourth-order valence-corrected chi connectivity index (χ4v) is 3.00. The smallest absolute Gasteiger partial charge is 0.262 e. The molecule has 0 aliphatic heterocycles. The Morgan fingerprint density at radius 2 is 2.24 bits per heavy atom. The molecule has 0 atom stereocenters. The number of amides is 1. The van der Waals surface area contributed by atoms with Gasteiger partial charge in [0.25, 0.3) is 5.56 Å². The molecule has 0 aliphatic carbocycles. The van der Waals surface area contributed by atoms with Crippen LogP contribution in [0, 0.1) is 6.92 Å². The maximum absolute atomic E-state index is 12.3. The van der Waals surface area contributed by atoms with Gasteiger partial charge in [-0.3, -0.25) is 9.59 Å². The Labute approximate surface area is 148 Å². The van der Waals surface area contributed by atoms with Crippen molar-refractivity contribution in [1.29, 1.82) is 0 Å². The molecule has 8 heteroatoms. The number of aromatic amines is 1. The van der Waals surface area contributed by atoms with Crippen LogP contribution in [-0.2, 0) is 4.79 Å². The first-order valence-corrected chi connectivity index (χ1v) is 8.63. The predicted octanol–water partition coefficient (Wildman–Crippen LogP) is 1.81. The van der Waals surface area contributed by atoms with Crippen molar-refractivity contribution < 1.29 is 4.79 Å². The minimum Gasteiger partial charge on any atom is -0.352 e. The zero-order valence-electron chi connectivity index (χ0n) is 13.7. The highest BCUT2D eigenvalue weighted by molar-refractivity contribution is 7.99. The molecule has 3 aromatic rings. The van der Waals surface area contributed by atoms with Gasteiger partial charge in [0.1, 0.15) is 5.39 Å². The molecule has 7 nitrogen and oxygen atoms in total. The maximum Gasteiger partial charge on any atom is 0.262 e. The average Bonchev–Trinajstić information content (AvgIpc) is 3.03. The number of aromatic nitrogens is 4. The molecule has 2 aromatic heterocycles. The lowest BCUT2D eigenvalue weighted by Crippen LogP contribution is -2.25. The number of benzene rings is 1. The molecule has 3 rings (SSSR count). The molecule has 2 N–H and O–H groups in total. The van der Waals surface area contributed by atoms with Crippen molar-refractivity contribution in [2.24, 2.45) is 0 Å². The lowest BCUT2D eigenvalue weighted by Gasteiger charge is -2.07. The number of hydrogen-bond acceptors (Lipinski definition) is 5. The number of carbonyl (C=O) groups is 1. The van der Waals surface area contributed by atoms with Crippen molar-refractivity contribution in [3.8, 4) is 5.69 Å². The summed E-state index contributed by atoms with van der Waals surface area (Å²) in [4.78, 5) is 31.1. The van der Waals surface area contributed by atoms with E-state index < -0.39 is 0 Å². The highest BCUT2D eigenvalue weighted by atomic mass is 32.2. The zero-order valence-corrected chi connectivity index (χ0v) is 14.5. The first-order chi connectivity index (χ1) is 12.1. The Morgan fingerprint density at radius 3 is 3.00 bits per heavy atom. The molecule has 0 aliphatic rings. The van der Waals surface area contributed by atoms with E-state index in [0.717, 1.165) is 11.3 Å². The molecular formula is C17H17N5O2S. The third-order valence-corrected chi connectivity index (χ3v) is 4.42. The Hall–Kier alpha value is -2.87. The van der Waals surface area contributed by atoms with Crippen LogP contribution in [0.15, 0.2) is 53.1 Å². The Morgan fingerprint density at radius 1 is 1.44 bits per heavy atom. The van der Waals surface area contributed by atoms with Crippen LogP contribution >= 0.6 is 11.8 Å². The van der Waals surface area contributed by atoms with Crippen molar-refractivity contribution >= 4 is 28.7 Å². The fourth-order valence-electron chi connectivity index (χ4n) is 2.31. The number of nitrogens with one attached hydrogen (secondary N) is 2. The van der Waals surface area contributed by atoms with Gasteiger partial charge < -0.3 is 10.3 Å². The van der Waals surface area contributed by atoms with Gasteiger partial charge in [-0.2, -0.15) is 5.10 Å². The van der Waals surface area contributed by atoms with Gasteiger partial charge in [-0.25, -0.2) is 9.67 Å². The number of thioether (sulfide) groups is 1. The lowest BCUT2D eigenvalue weighted by molar-refractivity contribution is -0.118. The van der Waals surface area contributed by atoms with Gasteiger partial charge in [-0.1, -0.05) is 36.0 Å². The second-order valence-corrected chi connectivity index (χ2v) is 6.30. The van der Waals surface area contributed by atoms with Crippen LogP contribution in [0.2, 0.25) is 0 Å². The minimum absolute atomic E-state index is 0.153. The molecule has 25 heavy (non-hydrogen) atoms. The van der Waals surface area contributed by atoms with Gasteiger partial charge in [-0.05, 0) is 18.6 Å². The van der Waals surface area contributed by atoms with E-state index in [9.17, 15) is 9.59 Å². The molecule has 0 saturated heterocycles. The SMILES string of the molecule is C=CCNC(=O)CSc1nc2c(cnn2-c2ccccc2C)c(=O)[nH]1. The summed E-state index contributed by atoms with van der Waals surface area (Å²) in [7, 11) is 0. The summed E-state index contributed by atoms with van der Waals surface area (Å²) in [5.74, 6) is 0.000835. The van der Waals surface area contributed by atoms with Crippen LogP contribution in [-0.4, -0.2) is 38.0 Å². The number of rotatable bonds is 6. The number of nitrogens with zero attached hydrogens (tertiary/aromatic N) is 3. The number of para-hydroxylation sites is 1. The van der Waals surface area contributed by atoms with Gasteiger partial charge in [0, 0.05) is 6.54 Å². The highest BCUT2D eigenvalue weighted by Crippen LogP contribution is 2.19. The maximum atomic E-state index is 12.3. The van der Waals surface area contributed by atoms with E-state index in [4.69, 9.17) is 0 Å². The molecule has 0 spiro atoms. The van der Waals surface area contributed by atoms with Crippen molar-refractivity contribution in [3.63, 3.8) is 0 Å². The molecule has 0 unspecified atom stereocenters. The monoisotopic (exact) mass is 355 g/mol. The van der Waals surface area contributed by atoms with E-state index >= 15 is 0 Å². The van der Waals surface area contributed by atoms with Crippen LogP contribution in [0.3, 0.4) is 0 Å². The molecule has 0 saturated carbocycles. The van der Waals surface area contributed by atoms with Crippen LogP contribution in [0.25, 0.3) is 16.7 Å². The average molecular weight is 355 g/mol. The quantitative estimate of drug-likeness (QED) is 0.400. The zero-order chi connectivity index (χ0) is 17.8. The number of carbonyl (C=O) groups excluding carboxylic acids is 1. The predicted molar refractivity (Wildman–Crippen MR) is 98.2 cm³/mol. The number of H-pyrrole nitrogens is 1. The van der Waals surface area contributed by atoms with E-state index in [2.05, 4.69) is 27.0 Å². The van der Waals surface area contributed by atoms with Gasteiger partial charge in [-0.15, -0.1) is 6.58 Å². The standard InChI is InChI=1S/C17H17N5O2S/c1-3-8-18-14(23)10-25-17-20-15-12(16(24)21-17)9-19-22(15)13-7-5-4-6-11(13)2/h3-7,9H,1,8,10H2,2H3,(H,18,23)(H,20,21,24). The third-order valence-electron chi connectivity index (χ3n) is 3.54. The first kappa shape index (κ1) is 17.0. The van der Waals surface area contributed by atoms with Crippen LogP contribution < -0.4 is 10.9 Å². The van der Waals surface area contributed by atoms with E-state index in [1.807, 2.05) is 31.2 Å². The summed E-state index contributed by atoms with van der Waals surface area (Å²) in [6, 6.07) is 7.73. The van der Waals surface area contributed by atoms with E-state index in [1.54, 1.807) is 10.8 Å². The number of fused-ring (bicyclic) bond motifs is 1. The summed E-state index contributed by atoms with van der Waals surface area (Å²) in [5.41, 5.74) is 2.06. The van der Waals surface area contributed by atoms with E-state index in [0.29, 0.717) is 22.7 Å². The lowest BCUT2D eigenvalue weighted by atomic mass is 10.2. The molecule has 0 radical (unpaired) electrons. The Kier molecular flexibility index (Phi) is 4.99. The van der Waals surface area contributed by atoms with Crippen molar-refractivity contribution in [2.75, 3.05) is 12.3 Å². The molecule has 0 bridgehead atoms. The number of hydrogen-bond donors (Lipinski definition) is 2. The number of aryl methyl sites for hydroxylation is 1. The summed E-state index contributed by atoms with van der Waals surface area (Å²) in [6.45, 7) is 5.92. The second-order valence-electron chi connectivity index (χ2n) is 5.33. The Bertz CT molecular complexity index is 992. The summed E-state index contributed by atoms with van der Waals surface area (Å²) in [6.07, 6.45) is 3.11. The largest absolute Gasteiger partial charge is 0.352 e. The molecular weight excluding hydrogens is 338 g/mol.